The summed E-state index contributed by atoms with van der Waals surface area (Å²) in [6.45, 7) is 6.48. The van der Waals surface area contributed by atoms with Gasteiger partial charge in [0.15, 0.2) is 11.5 Å². The van der Waals surface area contributed by atoms with Crippen LogP contribution < -0.4 is 15.1 Å². The number of hydrogen-bond acceptors (Lipinski definition) is 8. The maximum atomic E-state index is 5.42. The Morgan fingerprint density at radius 2 is 1.54 bits per heavy atom. The summed E-state index contributed by atoms with van der Waals surface area (Å²) in [6, 6.07) is 8.38. The molecular weight excluding hydrogens is 358 g/mol. The van der Waals surface area contributed by atoms with E-state index in [2.05, 4.69) is 59.3 Å². The number of ether oxygens (including phenoxy) is 2. The van der Waals surface area contributed by atoms with Gasteiger partial charge in [0.25, 0.3) is 0 Å². The van der Waals surface area contributed by atoms with Crippen molar-refractivity contribution in [1.82, 2.24) is 19.9 Å². The van der Waals surface area contributed by atoms with Gasteiger partial charge >= 0.3 is 0 Å². The minimum absolute atomic E-state index is 0.656. The molecule has 146 valence electrons. The molecule has 4 heterocycles. The number of aromatic amines is 1. The van der Waals surface area contributed by atoms with Crippen LogP contribution in [0.1, 0.15) is 0 Å². The van der Waals surface area contributed by atoms with Crippen LogP contribution in [0.15, 0.2) is 30.6 Å². The van der Waals surface area contributed by atoms with Crippen LogP contribution >= 0.6 is 0 Å². The summed E-state index contributed by atoms with van der Waals surface area (Å²) in [5, 5.41) is 3.38. The second kappa shape index (κ2) is 7.61. The predicted molar refractivity (Wildman–Crippen MR) is 107 cm³/mol. The molecule has 1 aromatic carbocycles. The summed E-state index contributed by atoms with van der Waals surface area (Å²) in [6.07, 6.45) is 1.54. The first-order valence-corrected chi connectivity index (χ1v) is 9.60. The molecule has 0 unspecified atom stereocenters. The van der Waals surface area contributed by atoms with Crippen LogP contribution in [0.5, 0.6) is 0 Å². The lowest BCUT2D eigenvalue weighted by atomic mass is 10.2. The van der Waals surface area contributed by atoms with Crippen LogP contribution in [0.4, 0.5) is 23.1 Å². The van der Waals surface area contributed by atoms with E-state index < -0.39 is 0 Å². The van der Waals surface area contributed by atoms with Gasteiger partial charge in [-0.1, -0.05) is 0 Å². The molecule has 2 fully saturated rings. The van der Waals surface area contributed by atoms with Gasteiger partial charge in [-0.2, -0.15) is 4.98 Å². The van der Waals surface area contributed by atoms with Gasteiger partial charge in [0.05, 0.1) is 26.4 Å². The number of H-pyrrole nitrogens is 1. The zero-order chi connectivity index (χ0) is 18.8. The summed E-state index contributed by atoms with van der Waals surface area (Å²) >= 11 is 0. The lowest BCUT2D eigenvalue weighted by Gasteiger charge is -2.28. The van der Waals surface area contributed by atoms with E-state index >= 15 is 0 Å². The Kier molecular flexibility index (Phi) is 4.67. The van der Waals surface area contributed by atoms with E-state index in [-0.39, 0.29) is 0 Å². The fraction of sp³-hybridized carbons (Fsp3) is 0.421. The molecule has 5 rings (SSSR count). The molecular formula is C19H23N7O2. The number of benzene rings is 1. The standard InChI is InChI=1S/C19H23N7O2/c1-3-15(25-5-9-27-10-6-25)4-2-14(1)22-17-16-18(21-13-20-17)24-19(23-16)26-7-11-28-12-8-26/h1-4,13H,5-12H2,(H2,20,21,22,23,24). The Hall–Kier alpha value is -2.91. The molecule has 2 aliphatic rings. The monoisotopic (exact) mass is 381 g/mol. The van der Waals surface area contributed by atoms with Crippen LogP contribution in [0, 0.1) is 0 Å². The lowest BCUT2D eigenvalue weighted by Crippen LogP contribution is -2.36. The van der Waals surface area contributed by atoms with Gasteiger partial charge in [-0.05, 0) is 24.3 Å². The van der Waals surface area contributed by atoms with E-state index in [4.69, 9.17) is 9.47 Å². The highest BCUT2D eigenvalue weighted by molar-refractivity contribution is 5.86. The van der Waals surface area contributed by atoms with Crippen LogP contribution in [0.2, 0.25) is 0 Å². The number of anilines is 4. The molecule has 9 nitrogen and oxygen atoms in total. The van der Waals surface area contributed by atoms with E-state index in [0.29, 0.717) is 18.9 Å². The topological polar surface area (TPSA) is 91.4 Å². The average molecular weight is 381 g/mol. The molecule has 0 aliphatic carbocycles. The van der Waals surface area contributed by atoms with Gasteiger partial charge in [-0.25, -0.2) is 9.97 Å². The minimum Gasteiger partial charge on any atom is -0.378 e. The van der Waals surface area contributed by atoms with Gasteiger partial charge in [0, 0.05) is 37.6 Å². The normalized spacial score (nSPS) is 17.9. The molecule has 0 saturated carbocycles. The van der Waals surface area contributed by atoms with E-state index in [1.54, 1.807) is 0 Å². The lowest BCUT2D eigenvalue weighted by molar-refractivity contribution is 0.122. The van der Waals surface area contributed by atoms with Crippen molar-refractivity contribution in [3.8, 4) is 0 Å². The first-order valence-electron chi connectivity index (χ1n) is 9.60. The summed E-state index contributed by atoms with van der Waals surface area (Å²) in [5.41, 5.74) is 3.64. The molecule has 3 aromatic rings. The molecule has 28 heavy (non-hydrogen) atoms. The van der Waals surface area contributed by atoms with E-state index in [1.165, 1.54) is 12.0 Å². The smallest absolute Gasteiger partial charge is 0.205 e. The highest BCUT2D eigenvalue weighted by Gasteiger charge is 2.17. The third-order valence-electron chi connectivity index (χ3n) is 5.09. The van der Waals surface area contributed by atoms with Crippen LogP contribution in [-0.4, -0.2) is 72.5 Å². The molecule has 2 N–H and O–H groups in total. The first kappa shape index (κ1) is 17.2. The van der Waals surface area contributed by atoms with E-state index in [1.807, 2.05) is 0 Å². The molecule has 0 radical (unpaired) electrons. The van der Waals surface area contributed by atoms with Gasteiger partial charge in [-0.3, -0.25) is 0 Å². The highest BCUT2D eigenvalue weighted by Crippen LogP contribution is 2.26. The molecule has 2 aromatic heterocycles. The minimum atomic E-state index is 0.656. The average Bonchev–Trinajstić information content (AvgIpc) is 3.21. The van der Waals surface area contributed by atoms with Gasteiger partial charge in [0.2, 0.25) is 5.95 Å². The Morgan fingerprint density at radius 3 is 2.25 bits per heavy atom. The third kappa shape index (κ3) is 3.46. The van der Waals surface area contributed by atoms with Gasteiger partial charge in [-0.15, -0.1) is 0 Å². The van der Waals surface area contributed by atoms with Crippen molar-refractivity contribution in [2.45, 2.75) is 0 Å². The van der Waals surface area contributed by atoms with E-state index in [9.17, 15) is 0 Å². The molecule has 9 heteroatoms. The van der Waals surface area contributed by atoms with Crippen LogP contribution in [0.25, 0.3) is 11.2 Å². The Morgan fingerprint density at radius 1 is 0.857 bits per heavy atom. The largest absolute Gasteiger partial charge is 0.378 e. The molecule has 0 amide bonds. The van der Waals surface area contributed by atoms with Crippen molar-refractivity contribution in [2.24, 2.45) is 0 Å². The predicted octanol–water partition coefficient (Wildman–Crippen LogP) is 1.77. The molecule has 2 saturated heterocycles. The van der Waals surface area contributed by atoms with Crippen molar-refractivity contribution in [2.75, 3.05) is 67.7 Å². The van der Waals surface area contributed by atoms with Crippen molar-refractivity contribution in [3.05, 3.63) is 30.6 Å². The maximum absolute atomic E-state index is 5.42. The van der Waals surface area contributed by atoms with Gasteiger partial charge in [0.1, 0.15) is 11.8 Å². The number of nitrogens with one attached hydrogen (secondary N) is 2. The number of nitrogens with zero attached hydrogens (tertiary/aromatic N) is 5. The van der Waals surface area contributed by atoms with E-state index in [0.717, 1.165) is 62.4 Å². The number of rotatable bonds is 4. The Bertz CT molecular complexity index is 931. The maximum Gasteiger partial charge on any atom is 0.205 e. The number of aromatic nitrogens is 4. The number of imidazole rings is 1. The SMILES string of the molecule is c1nc(Nc2ccc(N3CCOCC3)cc2)c2[nH]c(N3CCOCC3)nc2n1. The summed E-state index contributed by atoms with van der Waals surface area (Å²) in [7, 11) is 0. The molecule has 2 aliphatic heterocycles. The van der Waals surface area contributed by atoms with Crippen LogP contribution in [-0.2, 0) is 9.47 Å². The van der Waals surface area contributed by atoms with Crippen molar-refractivity contribution < 1.29 is 9.47 Å². The molecule has 0 atom stereocenters. The fourth-order valence-corrected chi connectivity index (χ4v) is 3.55. The van der Waals surface area contributed by atoms with Crippen LogP contribution in [0.3, 0.4) is 0 Å². The third-order valence-corrected chi connectivity index (χ3v) is 5.09. The summed E-state index contributed by atoms with van der Waals surface area (Å²) in [5.74, 6) is 1.53. The van der Waals surface area contributed by atoms with Crippen molar-refractivity contribution in [3.63, 3.8) is 0 Å². The quantitative estimate of drug-likeness (QED) is 0.707. The molecule has 0 spiro atoms. The summed E-state index contributed by atoms with van der Waals surface area (Å²) < 4.78 is 10.8. The Balaban J connectivity index is 1.36. The zero-order valence-electron chi connectivity index (χ0n) is 15.6. The summed E-state index contributed by atoms with van der Waals surface area (Å²) in [4.78, 5) is 21.2. The Labute approximate surface area is 162 Å². The second-order valence-corrected chi connectivity index (χ2v) is 6.85. The first-order chi connectivity index (χ1) is 13.9. The van der Waals surface area contributed by atoms with Gasteiger partial charge < -0.3 is 29.6 Å². The van der Waals surface area contributed by atoms with Crippen molar-refractivity contribution in [1.29, 1.82) is 0 Å². The number of fused-ring (bicyclic) bond motifs is 1. The number of hydrogen-bond donors (Lipinski definition) is 2. The number of morpholine rings is 2. The van der Waals surface area contributed by atoms with Crippen molar-refractivity contribution >= 4 is 34.3 Å². The second-order valence-electron chi connectivity index (χ2n) is 6.85. The highest BCUT2D eigenvalue weighted by atomic mass is 16.5. The fourth-order valence-electron chi connectivity index (χ4n) is 3.55. The zero-order valence-corrected chi connectivity index (χ0v) is 15.6. The molecule has 0 bridgehead atoms.